The number of hydrogen-bond acceptors (Lipinski definition) is 7. The summed E-state index contributed by atoms with van der Waals surface area (Å²) in [5.74, 6) is 2.39. The standard InChI is InChI=1S/C18H28N4O2S2/c1-18(2,3)14-11-21-15(24-14)12-26-10-9-20-17(25-4)22-16(23)13-5-7-19-8-6-13/h9-11,13,19H,5-8,12H2,1-4H3,(H,20,22,23)/b10-9+. The van der Waals surface area contributed by atoms with E-state index in [2.05, 4.69) is 41.4 Å². The van der Waals surface area contributed by atoms with Gasteiger partial charge in [0, 0.05) is 17.5 Å². The molecule has 0 unspecified atom stereocenters. The number of thioether (sulfide) groups is 2. The van der Waals surface area contributed by atoms with E-state index in [0.29, 0.717) is 16.8 Å². The molecule has 0 aromatic carbocycles. The van der Waals surface area contributed by atoms with Gasteiger partial charge in [0.1, 0.15) is 5.76 Å². The molecule has 8 heteroatoms. The molecule has 2 rings (SSSR count). The van der Waals surface area contributed by atoms with Crippen molar-refractivity contribution in [2.45, 2.75) is 44.8 Å². The third-order valence-electron chi connectivity index (χ3n) is 3.98. The number of oxazole rings is 1. The Labute approximate surface area is 164 Å². The highest BCUT2D eigenvalue weighted by Gasteiger charge is 2.21. The summed E-state index contributed by atoms with van der Waals surface area (Å²) in [7, 11) is 0. The molecule has 2 N–H and O–H groups in total. The van der Waals surface area contributed by atoms with Crippen LogP contribution in [0.25, 0.3) is 0 Å². The van der Waals surface area contributed by atoms with Gasteiger partial charge >= 0.3 is 0 Å². The largest absolute Gasteiger partial charge is 0.444 e. The van der Waals surface area contributed by atoms with Gasteiger partial charge in [-0.2, -0.15) is 0 Å². The molecule has 144 valence electrons. The Kier molecular flexibility index (Phi) is 8.24. The van der Waals surface area contributed by atoms with Crippen LogP contribution in [0.2, 0.25) is 0 Å². The smallest absolute Gasteiger partial charge is 0.229 e. The van der Waals surface area contributed by atoms with Gasteiger partial charge in [-0.25, -0.2) is 9.98 Å². The third kappa shape index (κ3) is 6.81. The van der Waals surface area contributed by atoms with Gasteiger partial charge in [-0.3, -0.25) is 4.79 Å². The Hall–Kier alpha value is -1.25. The van der Waals surface area contributed by atoms with Crippen molar-refractivity contribution in [1.29, 1.82) is 0 Å². The molecule has 0 spiro atoms. The summed E-state index contributed by atoms with van der Waals surface area (Å²) in [5, 5.41) is 8.69. The lowest BCUT2D eigenvalue weighted by atomic mass is 9.94. The lowest BCUT2D eigenvalue weighted by molar-refractivity contribution is -0.124. The summed E-state index contributed by atoms with van der Waals surface area (Å²) in [6, 6.07) is 0. The van der Waals surface area contributed by atoms with Crippen molar-refractivity contribution in [3.63, 3.8) is 0 Å². The molecule has 2 heterocycles. The summed E-state index contributed by atoms with van der Waals surface area (Å²) in [6.45, 7) is 8.10. The summed E-state index contributed by atoms with van der Waals surface area (Å²) in [5.41, 5.74) is -0.0318. The highest BCUT2D eigenvalue weighted by atomic mass is 32.2. The van der Waals surface area contributed by atoms with Crippen LogP contribution in [-0.4, -0.2) is 35.4 Å². The Balaban J connectivity index is 1.78. The number of amides is 1. The zero-order valence-corrected chi connectivity index (χ0v) is 17.5. The zero-order valence-electron chi connectivity index (χ0n) is 15.9. The molecule has 1 aliphatic heterocycles. The normalized spacial score (nSPS) is 17.0. The van der Waals surface area contributed by atoms with E-state index >= 15 is 0 Å². The van der Waals surface area contributed by atoms with Crippen molar-refractivity contribution in [2.75, 3.05) is 19.3 Å². The van der Waals surface area contributed by atoms with Gasteiger partial charge in [0.2, 0.25) is 11.8 Å². The van der Waals surface area contributed by atoms with E-state index in [9.17, 15) is 4.79 Å². The summed E-state index contributed by atoms with van der Waals surface area (Å²) in [4.78, 5) is 20.9. The van der Waals surface area contributed by atoms with Gasteiger partial charge < -0.3 is 15.1 Å². The molecule has 0 radical (unpaired) electrons. The number of amidine groups is 1. The maximum atomic E-state index is 12.2. The monoisotopic (exact) mass is 396 g/mol. The number of carbonyl (C=O) groups excluding carboxylic acids is 1. The Bertz CT molecular complexity index is 644. The first kappa shape index (κ1) is 21.1. The number of carbonyl (C=O) groups is 1. The van der Waals surface area contributed by atoms with Gasteiger partial charge in [0.05, 0.1) is 11.9 Å². The van der Waals surface area contributed by atoms with E-state index in [0.717, 1.165) is 31.7 Å². The first-order valence-corrected chi connectivity index (χ1v) is 11.0. The predicted octanol–water partition coefficient (Wildman–Crippen LogP) is 3.51. The van der Waals surface area contributed by atoms with Crippen LogP contribution in [0.4, 0.5) is 0 Å². The van der Waals surface area contributed by atoms with Crippen molar-refractivity contribution >= 4 is 34.6 Å². The summed E-state index contributed by atoms with van der Waals surface area (Å²) >= 11 is 2.99. The number of nitrogens with one attached hydrogen (secondary N) is 2. The number of aliphatic imine (C=N–C) groups is 1. The highest BCUT2D eigenvalue weighted by Crippen LogP contribution is 2.24. The second-order valence-electron chi connectivity index (χ2n) is 7.12. The molecule has 0 atom stereocenters. The highest BCUT2D eigenvalue weighted by molar-refractivity contribution is 8.13. The summed E-state index contributed by atoms with van der Waals surface area (Å²) in [6.07, 6.45) is 7.16. The zero-order chi connectivity index (χ0) is 19.0. The number of rotatable bonds is 5. The minimum Gasteiger partial charge on any atom is -0.444 e. The van der Waals surface area contributed by atoms with Crippen LogP contribution < -0.4 is 10.6 Å². The number of nitrogens with zero attached hydrogens (tertiary/aromatic N) is 2. The Morgan fingerprint density at radius 3 is 2.81 bits per heavy atom. The summed E-state index contributed by atoms with van der Waals surface area (Å²) < 4.78 is 5.75. The van der Waals surface area contributed by atoms with Crippen LogP contribution >= 0.6 is 23.5 Å². The van der Waals surface area contributed by atoms with Crippen LogP contribution in [0.3, 0.4) is 0 Å². The van der Waals surface area contributed by atoms with E-state index in [1.165, 1.54) is 11.8 Å². The van der Waals surface area contributed by atoms with Gasteiger partial charge in [0.25, 0.3) is 0 Å². The topological polar surface area (TPSA) is 79.5 Å². The van der Waals surface area contributed by atoms with Crippen molar-refractivity contribution < 1.29 is 9.21 Å². The van der Waals surface area contributed by atoms with Crippen LogP contribution in [-0.2, 0) is 16.0 Å². The molecule has 6 nitrogen and oxygen atoms in total. The van der Waals surface area contributed by atoms with Gasteiger partial charge in [-0.15, -0.1) is 11.8 Å². The number of aromatic nitrogens is 1. The molecule has 1 saturated heterocycles. The first-order valence-electron chi connectivity index (χ1n) is 8.75. The molecular formula is C18H28N4O2S2. The first-order chi connectivity index (χ1) is 12.4. The Morgan fingerprint density at radius 2 is 2.19 bits per heavy atom. The molecule has 1 amide bonds. The molecule has 0 aliphatic carbocycles. The van der Waals surface area contributed by atoms with E-state index in [1.807, 2.05) is 11.7 Å². The average molecular weight is 397 g/mol. The minimum atomic E-state index is -0.0318. The SMILES string of the molecule is CSC(=N/C=C/SCc1ncc(C(C)(C)C)o1)NC(=O)C1CCNCC1. The van der Waals surface area contributed by atoms with Crippen LogP contribution in [0.1, 0.15) is 45.3 Å². The van der Waals surface area contributed by atoms with E-state index in [-0.39, 0.29) is 17.2 Å². The lowest BCUT2D eigenvalue weighted by Crippen LogP contribution is -2.39. The molecule has 1 aromatic rings. The molecule has 1 aromatic heterocycles. The minimum absolute atomic E-state index is 0.0318. The van der Waals surface area contributed by atoms with Gasteiger partial charge in [-0.1, -0.05) is 32.5 Å². The van der Waals surface area contributed by atoms with Crippen molar-refractivity contribution in [1.82, 2.24) is 15.6 Å². The predicted molar refractivity (Wildman–Crippen MR) is 110 cm³/mol. The molecule has 0 saturated carbocycles. The maximum absolute atomic E-state index is 12.2. The molecule has 0 bridgehead atoms. The van der Waals surface area contributed by atoms with Crippen LogP contribution in [0.5, 0.6) is 0 Å². The fraction of sp³-hybridized carbons (Fsp3) is 0.611. The van der Waals surface area contributed by atoms with Gasteiger partial charge in [0.15, 0.2) is 5.17 Å². The van der Waals surface area contributed by atoms with Gasteiger partial charge in [-0.05, 0) is 37.6 Å². The second kappa shape index (κ2) is 10.2. The Morgan fingerprint density at radius 1 is 1.46 bits per heavy atom. The van der Waals surface area contributed by atoms with Crippen LogP contribution in [0, 0.1) is 5.92 Å². The second-order valence-corrected chi connectivity index (χ2v) is 8.81. The fourth-order valence-electron chi connectivity index (χ4n) is 2.41. The quantitative estimate of drug-likeness (QED) is 0.586. The van der Waals surface area contributed by atoms with E-state index < -0.39 is 0 Å². The van der Waals surface area contributed by atoms with Crippen LogP contribution in [0.15, 0.2) is 27.2 Å². The van der Waals surface area contributed by atoms with E-state index in [1.54, 1.807) is 24.2 Å². The molecule has 26 heavy (non-hydrogen) atoms. The molecule has 1 aliphatic rings. The lowest BCUT2D eigenvalue weighted by Gasteiger charge is -2.21. The van der Waals surface area contributed by atoms with E-state index in [4.69, 9.17) is 4.42 Å². The van der Waals surface area contributed by atoms with Crippen molar-refractivity contribution in [3.05, 3.63) is 29.5 Å². The fourth-order valence-corrected chi connectivity index (χ4v) is 3.30. The number of piperidine rings is 1. The van der Waals surface area contributed by atoms with Crippen molar-refractivity contribution in [2.24, 2.45) is 10.9 Å². The molecule has 1 fully saturated rings. The average Bonchev–Trinajstić information content (AvgIpc) is 3.10. The van der Waals surface area contributed by atoms with Crippen molar-refractivity contribution in [3.8, 4) is 0 Å². The maximum Gasteiger partial charge on any atom is 0.229 e. The molecular weight excluding hydrogens is 368 g/mol. The third-order valence-corrected chi connectivity index (χ3v) is 5.30. The number of hydrogen-bond donors (Lipinski definition) is 2.